The van der Waals surface area contributed by atoms with Gasteiger partial charge in [-0.3, -0.25) is 0 Å². The predicted octanol–water partition coefficient (Wildman–Crippen LogP) is 0.0245. The van der Waals surface area contributed by atoms with Crippen LogP contribution >= 0.6 is 0 Å². The van der Waals surface area contributed by atoms with Crippen LogP contribution in [0.25, 0.3) is 0 Å². The zero-order valence-corrected chi connectivity index (χ0v) is 4.46. The molecule has 0 aromatic carbocycles. The van der Waals surface area contributed by atoms with E-state index in [4.69, 9.17) is 0 Å². The molecule has 41 valence electrons. The lowest BCUT2D eigenvalue weighted by Gasteiger charge is -1.84. The van der Waals surface area contributed by atoms with E-state index in [0.29, 0.717) is 0 Å². The third kappa shape index (κ3) is 0.384. The molecule has 1 aromatic rings. The molecule has 0 N–H and O–H groups in total. The molecule has 0 aliphatic carbocycles. The number of aromatic nitrogens is 3. The van der Waals surface area contributed by atoms with Crippen molar-refractivity contribution in [3.8, 4) is 0 Å². The lowest BCUT2D eigenvalue weighted by molar-refractivity contribution is 0.735. The summed E-state index contributed by atoms with van der Waals surface area (Å²) in [5.74, 6) is 1.09. The van der Waals surface area contributed by atoms with Crippen molar-refractivity contribution in [2.24, 2.45) is 0 Å². The summed E-state index contributed by atoms with van der Waals surface area (Å²) in [6, 6.07) is 0. The van der Waals surface area contributed by atoms with E-state index in [1.165, 1.54) is 6.42 Å². The quantitative estimate of drug-likeness (QED) is 0.469. The molecule has 2 rings (SSSR count). The van der Waals surface area contributed by atoms with E-state index < -0.39 is 0 Å². The molecule has 0 bridgehead atoms. The van der Waals surface area contributed by atoms with E-state index in [1.54, 1.807) is 0 Å². The zero-order valence-electron chi connectivity index (χ0n) is 4.46. The first-order valence-electron chi connectivity index (χ1n) is 2.76. The lowest BCUT2D eigenvalue weighted by atomic mass is 10.4. The SMILES string of the molecule is [c]1nnc2n1CCC2. The van der Waals surface area contributed by atoms with Gasteiger partial charge in [-0.2, -0.15) is 0 Å². The molecule has 2 heterocycles. The van der Waals surface area contributed by atoms with Crippen LogP contribution in [0.2, 0.25) is 0 Å². The normalized spacial score (nSPS) is 16.5. The van der Waals surface area contributed by atoms with Crippen LogP contribution < -0.4 is 0 Å². The molecule has 8 heavy (non-hydrogen) atoms. The molecule has 0 unspecified atom stereocenters. The first kappa shape index (κ1) is 4.06. The van der Waals surface area contributed by atoms with Crippen LogP contribution in [-0.4, -0.2) is 14.8 Å². The van der Waals surface area contributed by atoms with Gasteiger partial charge in [0.25, 0.3) is 0 Å². The van der Waals surface area contributed by atoms with Crippen molar-refractivity contribution >= 4 is 0 Å². The second-order valence-electron chi connectivity index (χ2n) is 1.97. The minimum absolute atomic E-state index is 1.06. The molecule has 0 saturated heterocycles. The summed E-state index contributed by atoms with van der Waals surface area (Å²) < 4.78 is 1.97. The van der Waals surface area contributed by atoms with Gasteiger partial charge in [0.15, 0.2) is 0 Å². The van der Waals surface area contributed by atoms with Crippen molar-refractivity contribution in [3.63, 3.8) is 0 Å². The summed E-state index contributed by atoms with van der Waals surface area (Å²) in [6.45, 7) is 1.06. The summed E-state index contributed by atoms with van der Waals surface area (Å²) in [7, 11) is 0. The van der Waals surface area contributed by atoms with Crippen molar-refractivity contribution in [1.82, 2.24) is 14.8 Å². The van der Waals surface area contributed by atoms with E-state index in [1.807, 2.05) is 4.57 Å². The van der Waals surface area contributed by atoms with Gasteiger partial charge < -0.3 is 4.57 Å². The fourth-order valence-electron chi connectivity index (χ4n) is 1.01. The minimum atomic E-state index is 1.06. The van der Waals surface area contributed by atoms with Gasteiger partial charge in [0.2, 0.25) is 6.33 Å². The maximum absolute atomic E-state index is 3.85. The Morgan fingerprint density at radius 1 is 1.62 bits per heavy atom. The van der Waals surface area contributed by atoms with Crippen molar-refractivity contribution in [1.29, 1.82) is 0 Å². The molecule has 3 nitrogen and oxygen atoms in total. The van der Waals surface area contributed by atoms with Crippen LogP contribution in [0.3, 0.4) is 0 Å². The number of hydrogen-bond acceptors (Lipinski definition) is 2. The Morgan fingerprint density at radius 2 is 2.62 bits per heavy atom. The third-order valence-electron chi connectivity index (χ3n) is 1.42. The number of aryl methyl sites for hydroxylation is 2. The number of rotatable bonds is 0. The van der Waals surface area contributed by atoms with Crippen molar-refractivity contribution in [2.75, 3.05) is 0 Å². The summed E-state index contributed by atoms with van der Waals surface area (Å²) >= 11 is 0. The summed E-state index contributed by atoms with van der Waals surface area (Å²) in [6.07, 6.45) is 5.06. The van der Waals surface area contributed by atoms with Crippen LogP contribution in [0.4, 0.5) is 0 Å². The maximum Gasteiger partial charge on any atom is 0.202 e. The standard InChI is InChI=1S/C5H6N3/c1-2-5-7-6-4-8(5)3-1/h1-3H2. The predicted molar refractivity (Wildman–Crippen MR) is 27.2 cm³/mol. The molecular formula is C5H6N3. The van der Waals surface area contributed by atoms with Crippen LogP contribution in [-0.2, 0) is 13.0 Å². The Labute approximate surface area is 47.3 Å². The Morgan fingerprint density at radius 3 is 3.50 bits per heavy atom. The van der Waals surface area contributed by atoms with Crippen LogP contribution in [0.5, 0.6) is 0 Å². The molecule has 1 aromatic heterocycles. The molecule has 0 spiro atoms. The van der Waals surface area contributed by atoms with Gasteiger partial charge in [0.05, 0.1) is 0 Å². The molecule has 0 atom stereocenters. The largest absolute Gasteiger partial charge is 0.308 e. The summed E-state index contributed by atoms with van der Waals surface area (Å²) in [5, 5.41) is 7.49. The Hall–Kier alpha value is -0.860. The molecule has 0 amide bonds. The fraction of sp³-hybridized carbons (Fsp3) is 0.600. The highest BCUT2D eigenvalue weighted by Crippen LogP contribution is 2.08. The van der Waals surface area contributed by atoms with E-state index >= 15 is 0 Å². The Balaban J connectivity index is 2.54. The minimum Gasteiger partial charge on any atom is -0.308 e. The third-order valence-corrected chi connectivity index (χ3v) is 1.42. The van der Waals surface area contributed by atoms with E-state index in [2.05, 4.69) is 16.5 Å². The van der Waals surface area contributed by atoms with Crippen LogP contribution in [0, 0.1) is 6.33 Å². The average molecular weight is 108 g/mol. The van der Waals surface area contributed by atoms with Gasteiger partial charge >= 0.3 is 0 Å². The number of hydrogen-bond donors (Lipinski definition) is 0. The first-order chi connectivity index (χ1) is 3.97. The van der Waals surface area contributed by atoms with Gasteiger partial charge in [-0.15, -0.1) is 10.2 Å². The smallest absolute Gasteiger partial charge is 0.202 e. The van der Waals surface area contributed by atoms with E-state index in [9.17, 15) is 0 Å². The van der Waals surface area contributed by atoms with E-state index in [0.717, 1.165) is 18.8 Å². The van der Waals surface area contributed by atoms with Crippen LogP contribution in [0.15, 0.2) is 0 Å². The highest BCUT2D eigenvalue weighted by Gasteiger charge is 2.10. The van der Waals surface area contributed by atoms with E-state index in [-0.39, 0.29) is 0 Å². The second kappa shape index (κ2) is 1.31. The average Bonchev–Trinajstić information content (AvgIpc) is 2.15. The topological polar surface area (TPSA) is 30.7 Å². The molecule has 0 fully saturated rings. The molecule has 0 saturated carbocycles. The lowest BCUT2D eigenvalue weighted by Crippen LogP contribution is -1.88. The van der Waals surface area contributed by atoms with Crippen molar-refractivity contribution in [2.45, 2.75) is 19.4 Å². The molecule has 1 aliphatic rings. The van der Waals surface area contributed by atoms with Gasteiger partial charge in [-0.1, -0.05) is 0 Å². The molecule has 1 radical (unpaired) electrons. The van der Waals surface area contributed by atoms with Gasteiger partial charge in [0.1, 0.15) is 5.82 Å². The van der Waals surface area contributed by atoms with Crippen molar-refractivity contribution < 1.29 is 0 Å². The second-order valence-corrected chi connectivity index (χ2v) is 1.97. The van der Waals surface area contributed by atoms with Gasteiger partial charge in [0, 0.05) is 13.0 Å². The van der Waals surface area contributed by atoms with Crippen LogP contribution in [0.1, 0.15) is 12.2 Å². The summed E-state index contributed by atoms with van der Waals surface area (Å²) in [4.78, 5) is 0. The van der Waals surface area contributed by atoms with Gasteiger partial charge in [-0.25, -0.2) is 0 Å². The fourth-order valence-corrected chi connectivity index (χ4v) is 1.01. The molecule has 3 heteroatoms. The zero-order chi connectivity index (χ0) is 5.40. The highest BCUT2D eigenvalue weighted by atomic mass is 15.3. The number of nitrogens with zero attached hydrogens (tertiary/aromatic N) is 3. The highest BCUT2D eigenvalue weighted by molar-refractivity contribution is 4.89. The monoisotopic (exact) mass is 108 g/mol. The Kier molecular flexibility index (Phi) is 0.664. The van der Waals surface area contributed by atoms with Gasteiger partial charge in [-0.05, 0) is 6.42 Å². The first-order valence-corrected chi connectivity index (χ1v) is 2.76. The number of fused-ring (bicyclic) bond motifs is 1. The molecular weight excluding hydrogens is 102 g/mol. The Bertz CT molecular complexity index is 173. The van der Waals surface area contributed by atoms with Crippen molar-refractivity contribution in [3.05, 3.63) is 12.2 Å². The molecule has 1 aliphatic heterocycles. The summed E-state index contributed by atoms with van der Waals surface area (Å²) in [5.41, 5.74) is 0. The maximum atomic E-state index is 3.85.